The van der Waals surface area contributed by atoms with Crippen LogP contribution in [0.4, 0.5) is 10.5 Å². The Labute approximate surface area is 131 Å². The van der Waals surface area contributed by atoms with Gasteiger partial charge in [0.15, 0.2) is 0 Å². The van der Waals surface area contributed by atoms with Crippen molar-refractivity contribution in [2.24, 2.45) is 0 Å². The van der Waals surface area contributed by atoms with Crippen LogP contribution in [0.5, 0.6) is 0 Å². The normalized spacial score (nSPS) is 10.3. The van der Waals surface area contributed by atoms with Gasteiger partial charge >= 0.3 is 6.03 Å². The summed E-state index contributed by atoms with van der Waals surface area (Å²) in [6.45, 7) is 5.08. The van der Waals surface area contributed by atoms with Gasteiger partial charge in [0.05, 0.1) is 6.61 Å². The maximum absolute atomic E-state index is 12.1. The number of aryl methyl sites for hydroxylation is 2. The van der Waals surface area contributed by atoms with Crippen LogP contribution in [0.15, 0.2) is 42.5 Å². The Kier molecular flexibility index (Phi) is 5.55. The molecule has 2 amide bonds. The number of hydrogen-bond donors (Lipinski definition) is 2. The Balaban J connectivity index is 1.96. The second-order valence-corrected chi connectivity index (χ2v) is 5.33. The fourth-order valence-electron chi connectivity index (χ4n) is 2.31. The van der Waals surface area contributed by atoms with Crippen molar-refractivity contribution in [3.8, 4) is 0 Å². The zero-order chi connectivity index (χ0) is 15.9. The second-order valence-electron chi connectivity index (χ2n) is 5.33. The molecule has 4 heteroatoms. The highest BCUT2D eigenvalue weighted by Gasteiger charge is 2.06. The Morgan fingerprint density at radius 3 is 2.59 bits per heavy atom. The van der Waals surface area contributed by atoms with E-state index in [1.165, 1.54) is 11.1 Å². The lowest BCUT2D eigenvalue weighted by molar-refractivity contribution is 0.185. The van der Waals surface area contributed by atoms with Crippen molar-refractivity contribution in [1.82, 2.24) is 5.32 Å². The molecule has 0 unspecified atom stereocenters. The minimum absolute atomic E-state index is 0.219. The molecule has 0 atom stereocenters. The van der Waals surface area contributed by atoms with Crippen LogP contribution in [0.25, 0.3) is 0 Å². The molecule has 0 aromatic heterocycles. The Bertz CT molecular complexity index is 653. The van der Waals surface area contributed by atoms with Crippen LogP contribution in [0, 0.1) is 13.8 Å². The molecule has 0 aliphatic heterocycles. The summed E-state index contributed by atoms with van der Waals surface area (Å²) in [6, 6.07) is 13.6. The molecule has 116 valence electrons. The van der Waals surface area contributed by atoms with Gasteiger partial charge in [0, 0.05) is 24.9 Å². The minimum Gasteiger partial charge on any atom is -0.380 e. The third-order valence-electron chi connectivity index (χ3n) is 3.50. The molecule has 0 heterocycles. The number of ether oxygens (including phenoxy) is 1. The Morgan fingerprint density at radius 2 is 1.86 bits per heavy atom. The summed E-state index contributed by atoms with van der Waals surface area (Å²) in [5.74, 6) is 0. The molecule has 4 nitrogen and oxygen atoms in total. The van der Waals surface area contributed by atoms with E-state index in [0.717, 1.165) is 16.8 Å². The molecule has 0 bridgehead atoms. The third-order valence-corrected chi connectivity index (χ3v) is 3.50. The zero-order valence-corrected chi connectivity index (χ0v) is 13.3. The number of rotatable bonds is 5. The van der Waals surface area contributed by atoms with Crippen LogP contribution >= 0.6 is 0 Å². The van der Waals surface area contributed by atoms with Gasteiger partial charge in [0.25, 0.3) is 0 Å². The van der Waals surface area contributed by atoms with Crippen molar-refractivity contribution in [3.05, 3.63) is 64.7 Å². The van der Waals surface area contributed by atoms with Crippen LogP contribution < -0.4 is 10.6 Å². The number of methoxy groups -OCH3 is 1. The number of benzene rings is 2. The lowest BCUT2D eigenvalue weighted by Gasteiger charge is -2.12. The Morgan fingerprint density at radius 1 is 1.09 bits per heavy atom. The summed E-state index contributed by atoms with van der Waals surface area (Å²) >= 11 is 0. The number of amides is 2. The average molecular weight is 298 g/mol. The summed E-state index contributed by atoms with van der Waals surface area (Å²) in [4.78, 5) is 12.1. The SMILES string of the molecule is COCc1ccccc1NC(=O)NCc1ccc(C)cc1C. The van der Waals surface area contributed by atoms with E-state index in [-0.39, 0.29) is 6.03 Å². The van der Waals surface area contributed by atoms with Crippen molar-refractivity contribution >= 4 is 11.7 Å². The fraction of sp³-hybridized carbons (Fsp3) is 0.278. The number of urea groups is 1. The van der Waals surface area contributed by atoms with Crippen molar-refractivity contribution in [3.63, 3.8) is 0 Å². The largest absolute Gasteiger partial charge is 0.380 e. The smallest absolute Gasteiger partial charge is 0.319 e. The first-order chi connectivity index (χ1) is 10.6. The number of anilines is 1. The molecule has 2 N–H and O–H groups in total. The van der Waals surface area contributed by atoms with Crippen LogP contribution in [-0.2, 0) is 17.9 Å². The molecule has 2 aromatic rings. The minimum atomic E-state index is -0.219. The first-order valence-corrected chi connectivity index (χ1v) is 7.28. The molecule has 0 aliphatic rings. The fourth-order valence-corrected chi connectivity index (χ4v) is 2.31. The van der Waals surface area contributed by atoms with E-state index in [1.807, 2.05) is 30.3 Å². The lowest BCUT2D eigenvalue weighted by atomic mass is 10.1. The number of nitrogens with one attached hydrogen (secondary N) is 2. The number of carbonyl (C=O) groups excluding carboxylic acids is 1. The zero-order valence-electron chi connectivity index (χ0n) is 13.3. The van der Waals surface area contributed by atoms with E-state index in [1.54, 1.807) is 7.11 Å². The van der Waals surface area contributed by atoms with E-state index in [9.17, 15) is 4.79 Å². The lowest BCUT2D eigenvalue weighted by Crippen LogP contribution is -2.28. The third kappa shape index (κ3) is 4.33. The first kappa shape index (κ1) is 16.0. The summed E-state index contributed by atoms with van der Waals surface area (Å²) in [7, 11) is 1.64. The Hall–Kier alpha value is -2.33. The highest BCUT2D eigenvalue weighted by atomic mass is 16.5. The molecule has 0 saturated carbocycles. The van der Waals surface area contributed by atoms with E-state index >= 15 is 0 Å². The maximum atomic E-state index is 12.1. The summed E-state index contributed by atoms with van der Waals surface area (Å²) in [6.07, 6.45) is 0. The standard InChI is InChI=1S/C18H22N2O2/c1-13-8-9-15(14(2)10-13)11-19-18(21)20-17-7-5-4-6-16(17)12-22-3/h4-10H,11-12H2,1-3H3,(H2,19,20,21). The highest BCUT2D eigenvalue weighted by molar-refractivity contribution is 5.90. The van der Waals surface area contributed by atoms with Gasteiger partial charge < -0.3 is 15.4 Å². The first-order valence-electron chi connectivity index (χ1n) is 7.28. The quantitative estimate of drug-likeness (QED) is 0.882. The summed E-state index contributed by atoms with van der Waals surface area (Å²) < 4.78 is 5.13. The predicted molar refractivity (Wildman–Crippen MR) is 88.9 cm³/mol. The van der Waals surface area contributed by atoms with E-state index < -0.39 is 0 Å². The van der Waals surface area contributed by atoms with Gasteiger partial charge in [-0.3, -0.25) is 0 Å². The van der Waals surface area contributed by atoms with Crippen LogP contribution in [-0.4, -0.2) is 13.1 Å². The summed E-state index contributed by atoms with van der Waals surface area (Å²) in [5, 5.41) is 5.75. The predicted octanol–water partition coefficient (Wildman–Crippen LogP) is 3.77. The van der Waals surface area contributed by atoms with Crippen molar-refractivity contribution in [2.45, 2.75) is 27.0 Å². The van der Waals surface area contributed by atoms with Gasteiger partial charge in [0.2, 0.25) is 0 Å². The summed E-state index contributed by atoms with van der Waals surface area (Å²) in [5.41, 5.74) is 5.24. The topological polar surface area (TPSA) is 50.4 Å². The molecule has 0 aliphatic carbocycles. The van der Waals surface area contributed by atoms with E-state index in [4.69, 9.17) is 4.74 Å². The van der Waals surface area contributed by atoms with Gasteiger partial charge in [-0.1, -0.05) is 42.0 Å². The molecular formula is C18H22N2O2. The van der Waals surface area contributed by atoms with Gasteiger partial charge in [-0.2, -0.15) is 0 Å². The van der Waals surface area contributed by atoms with Gasteiger partial charge in [0.1, 0.15) is 0 Å². The monoisotopic (exact) mass is 298 g/mol. The number of para-hydroxylation sites is 1. The highest BCUT2D eigenvalue weighted by Crippen LogP contribution is 2.16. The molecule has 0 saturated heterocycles. The van der Waals surface area contributed by atoms with Crippen LogP contribution in [0.3, 0.4) is 0 Å². The molecular weight excluding hydrogens is 276 g/mol. The molecule has 0 fully saturated rings. The second kappa shape index (κ2) is 7.61. The van der Waals surface area contributed by atoms with Crippen molar-refractivity contribution < 1.29 is 9.53 Å². The molecule has 0 spiro atoms. The number of carbonyl (C=O) groups is 1. The van der Waals surface area contributed by atoms with Crippen LogP contribution in [0.1, 0.15) is 22.3 Å². The van der Waals surface area contributed by atoms with Crippen molar-refractivity contribution in [1.29, 1.82) is 0 Å². The van der Waals surface area contributed by atoms with Gasteiger partial charge in [-0.15, -0.1) is 0 Å². The van der Waals surface area contributed by atoms with Crippen LogP contribution in [0.2, 0.25) is 0 Å². The molecule has 2 rings (SSSR count). The number of hydrogen-bond acceptors (Lipinski definition) is 2. The molecule has 0 radical (unpaired) electrons. The van der Waals surface area contributed by atoms with Gasteiger partial charge in [-0.25, -0.2) is 4.79 Å². The van der Waals surface area contributed by atoms with Crippen molar-refractivity contribution in [2.75, 3.05) is 12.4 Å². The van der Waals surface area contributed by atoms with E-state index in [0.29, 0.717) is 13.2 Å². The van der Waals surface area contributed by atoms with E-state index in [2.05, 4.69) is 36.6 Å². The average Bonchev–Trinajstić information content (AvgIpc) is 2.48. The van der Waals surface area contributed by atoms with Gasteiger partial charge in [-0.05, 0) is 31.0 Å². The molecule has 22 heavy (non-hydrogen) atoms. The molecule has 2 aromatic carbocycles. The maximum Gasteiger partial charge on any atom is 0.319 e.